The van der Waals surface area contributed by atoms with Crippen molar-refractivity contribution in [1.82, 2.24) is 19.6 Å². The Balaban J connectivity index is 1.88. The van der Waals surface area contributed by atoms with Crippen molar-refractivity contribution in [3.05, 3.63) is 48.3 Å². The molecular weight excluding hydrogens is 260 g/mol. The van der Waals surface area contributed by atoms with E-state index in [1.807, 2.05) is 40.9 Å². The van der Waals surface area contributed by atoms with Crippen LogP contribution in [0.1, 0.15) is 18.6 Å². The van der Waals surface area contributed by atoms with Crippen molar-refractivity contribution in [1.29, 1.82) is 0 Å². The fourth-order valence-corrected chi connectivity index (χ4v) is 2.44. The average Bonchev–Trinajstić information content (AvgIpc) is 2.83. The van der Waals surface area contributed by atoms with Gasteiger partial charge in [-0.05, 0) is 42.4 Å². The van der Waals surface area contributed by atoms with E-state index in [0.717, 1.165) is 21.4 Å². The molecule has 0 saturated heterocycles. The first-order valence-electron chi connectivity index (χ1n) is 5.85. The third kappa shape index (κ3) is 2.45. The van der Waals surface area contributed by atoms with E-state index < -0.39 is 6.10 Å². The third-order valence-corrected chi connectivity index (χ3v) is 3.63. The highest BCUT2D eigenvalue weighted by molar-refractivity contribution is 7.99. The molecule has 0 aromatic carbocycles. The Morgan fingerprint density at radius 2 is 2.11 bits per heavy atom. The maximum absolute atomic E-state index is 9.44. The molecule has 6 heteroatoms. The molecule has 3 heterocycles. The van der Waals surface area contributed by atoms with E-state index in [0.29, 0.717) is 0 Å². The largest absolute Gasteiger partial charge is 0.389 e. The number of hydrogen-bond donors (Lipinski definition) is 1. The van der Waals surface area contributed by atoms with Crippen LogP contribution in [0.2, 0.25) is 0 Å². The lowest BCUT2D eigenvalue weighted by Crippen LogP contribution is -1.93. The van der Waals surface area contributed by atoms with Crippen molar-refractivity contribution in [3.8, 4) is 0 Å². The van der Waals surface area contributed by atoms with Gasteiger partial charge in [-0.25, -0.2) is 4.98 Å². The van der Waals surface area contributed by atoms with Crippen LogP contribution in [0, 0.1) is 0 Å². The first-order valence-corrected chi connectivity index (χ1v) is 6.67. The van der Waals surface area contributed by atoms with E-state index >= 15 is 0 Å². The molecule has 3 aromatic rings. The lowest BCUT2D eigenvalue weighted by Gasteiger charge is -2.04. The van der Waals surface area contributed by atoms with Crippen molar-refractivity contribution < 1.29 is 5.11 Å². The van der Waals surface area contributed by atoms with E-state index in [1.165, 1.54) is 11.8 Å². The van der Waals surface area contributed by atoms with Crippen LogP contribution in [0.25, 0.3) is 5.65 Å². The molecule has 0 aliphatic heterocycles. The van der Waals surface area contributed by atoms with Gasteiger partial charge in [-0.1, -0.05) is 12.1 Å². The fraction of sp³-hybridized carbons (Fsp3) is 0.154. The van der Waals surface area contributed by atoms with Gasteiger partial charge in [0, 0.05) is 12.4 Å². The zero-order valence-corrected chi connectivity index (χ0v) is 11.1. The molecule has 19 heavy (non-hydrogen) atoms. The Kier molecular flexibility index (Phi) is 3.18. The number of pyridine rings is 2. The van der Waals surface area contributed by atoms with Gasteiger partial charge in [0.1, 0.15) is 5.03 Å². The molecule has 0 unspecified atom stereocenters. The second-order valence-corrected chi connectivity index (χ2v) is 5.11. The molecule has 0 fully saturated rings. The van der Waals surface area contributed by atoms with Crippen LogP contribution in [0.15, 0.2) is 52.9 Å². The first-order chi connectivity index (χ1) is 9.24. The van der Waals surface area contributed by atoms with Crippen LogP contribution in [0.4, 0.5) is 0 Å². The topological polar surface area (TPSA) is 63.3 Å². The highest BCUT2D eigenvalue weighted by atomic mass is 32.2. The molecule has 0 saturated carbocycles. The molecule has 96 valence electrons. The molecular formula is C13H12N4OS. The minimum absolute atomic E-state index is 0.500. The first kappa shape index (κ1) is 12.1. The summed E-state index contributed by atoms with van der Waals surface area (Å²) in [4.78, 5) is 4.30. The summed E-state index contributed by atoms with van der Waals surface area (Å²) < 4.78 is 1.91. The van der Waals surface area contributed by atoms with Gasteiger partial charge in [0.15, 0.2) is 5.65 Å². The van der Waals surface area contributed by atoms with Gasteiger partial charge in [-0.3, -0.25) is 4.40 Å². The van der Waals surface area contributed by atoms with Gasteiger partial charge < -0.3 is 5.11 Å². The molecule has 0 spiro atoms. The quantitative estimate of drug-likeness (QED) is 0.792. The van der Waals surface area contributed by atoms with Crippen molar-refractivity contribution >= 4 is 17.4 Å². The molecule has 3 aromatic heterocycles. The normalized spacial score (nSPS) is 12.7. The van der Waals surface area contributed by atoms with E-state index in [-0.39, 0.29) is 0 Å². The predicted molar refractivity (Wildman–Crippen MR) is 72.0 cm³/mol. The molecule has 0 aliphatic carbocycles. The predicted octanol–water partition coefficient (Wildman–Crippen LogP) is 2.33. The van der Waals surface area contributed by atoms with Crippen LogP contribution in [-0.2, 0) is 0 Å². The van der Waals surface area contributed by atoms with Crippen LogP contribution >= 0.6 is 11.8 Å². The zero-order valence-electron chi connectivity index (χ0n) is 10.3. The molecule has 0 aliphatic rings. The second kappa shape index (κ2) is 4.99. The Morgan fingerprint density at radius 3 is 2.84 bits per heavy atom. The van der Waals surface area contributed by atoms with E-state index in [2.05, 4.69) is 15.2 Å². The molecule has 0 radical (unpaired) electrons. The Hall–Kier alpha value is -1.92. The Morgan fingerprint density at radius 1 is 1.21 bits per heavy atom. The van der Waals surface area contributed by atoms with Gasteiger partial charge in [0.05, 0.1) is 6.10 Å². The van der Waals surface area contributed by atoms with Crippen molar-refractivity contribution in [2.24, 2.45) is 0 Å². The highest BCUT2D eigenvalue weighted by Crippen LogP contribution is 2.25. The van der Waals surface area contributed by atoms with Crippen LogP contribution < -0.4 is 0 Å². The monoisotopic (exact) mass is 272 g/mol. The lowest BCUT2D eigenvalue weighted by molar-refractivity contribution is 0.198. The van der Waals surface area contributed by atoms with Crippen LogP contribution in [-0.4, -0.2) is 24.7 Å². The third-order valence-electron chi connectivity index (χ3n) is 2.72. The smallest absolute Gasteiger partial charge is 0.201 e. The maximum Gasteiger partial charge on any atom is 0.201 e. The van der Waals surface area contributed by atoms with Gasteiger partial charge in [0.2, 0.25) is 5.16 Å². The fourth-order valence-electron chi connectivity index (χ4n) is 1.68. The number of aliphatic hydroxyl groups is 1. The van der Waals surface area contributed by atoms with Crippen molar-refractivity contribution in [2.45, 2.75) is 23.2 Å². The minimum atomic E-state index is -0.500. The molecule has 0 bridgehead atoms. The SMILES string of the molecule is C[C@H](O)c1ccc(Sc2nnc3ccccn23)nc1. The standard InChI is InChI=1S/C13H12N4OS/c1-9(18)10-5-6-12(14-8-10)19-13-16-15-11-4-2-3-7-17(11)13/h2-9,18H,1H3/t9-/m0/s1. The summed E-state index contributed by atoms with van der Waals surface area (Å²) in [7, 11) is 0. The Labute approximate surface area is 114 Å². The molecule has 5 nitrogen and oxygen atoms in total. The van der Waals surface area contributed by atoms with Crippen LogP contribution in [0.3, 0.4) is 0 Å². The summed E-state index contributed by atoms with van der Waals surface area (Å²) in [5.41, 5.74) is 1.61. The minimum Gasteiger partial charge on any atom is -0.389 e. The number of aliphatic hydroxyl groups excluding tert-OH is 1. The summed E-state index contributed by atoms with van der Waals surface area (Å²) in [6.07, 6.45) is 3.10. The van der Waals surface area contributed by atoms with Crippen molar-refractivity contribution in [3.63, 3.8) is 0 Å². The number of nitrogens with zero attached hydrogens (tertiary/aromatic N) is 4. The number of fused-ring (bicyclic) bond motifs is 1. The number of aromatic nitrogens is 4. The summed E-state index contributed by atoms with van der Waals surface area (Å²) in [5, 5.41) is 19.3. The maximum atomic E-state index is 9.44. The summed E-state index contributed by atoms with van der Waals surface area (Å²) in [6, 6.07) is 9.50. The lowest BCUT2D eigenvalue weighted by atomic mass is 10.2. The number of hydrogen-bond acceptors (Lipinski definition) is 5. The molecule has 1 atom stereocenters. The van der Waals surface area contributed by atoms with Gasteiger partial charge in [-0.15, -0.1) is 10.2 Å². The average molecular weight is 272 g/mol. The van der Waals surface area contributed by atoms with Gasteiger partial charge >= 0.3 is 0 Å². The summed E-state index contributed by atoms with van der Waals surface area (Å²) >= 11 is 1.44. The van der Waals surface area contributed by atoms with Crippen LogP contribution in [0.5, 0.6) is 0 Å². The summed E-state index contributed by atoms with van der Waals surface area (Å²) in [5.74, 6) is 0. The van der Waals surface area contributed by atoms with Gasteiger partial charge in [0.25, 0.3) is 0 Å². The zero-order chi connectivity index (χ0) is 13.2. The Bertz CT molecular complexity index is 693. The van der Waals surface area contributed by atoms with Gasteiger partial charge in [-0.2, -0.15) is 0 Å². The second-order valence-electron chi connectivity index (χ2n) is 4.12. The van der Waals surface area contributed by atoms with E-state index in [1.54, 1.807) is 13.1 Å². The molecule has 0 amide bonds. The van der Waals surface area contributed by atoms with E-state index in [9.17, 15) is 5.11 Å². The summed E-state index contributed by atoms with van der Waals surface area (Å²) in [6.45, 7) is 1.72. The highest BCUT2D eigenvalue weighted by Gasteiger charge is 2.08. The number of rotatable bonds is 3. The molecule has 1 N–H and O–H groups in total. The molecule has 3 rings (SSSR count). The van der Waals surface area contributed by atoms with Crippen molar-refractivity contribution in [2.75, 3.05) is 0 Å². The van der Waals surface area contributed by atoms with E-state index in [4.69, 9.17) is 0 Å².